The molecule has 138 valence electrons. The number of pyridine rings is 1. The number of alkyl halides is 2. The van der Waals surface area contributed by atoms with Crippen molar-refractivity contribution in [1.82, 2.24) is 14.8 Å². The number of hydrogen-bond acceptors (Lipinski definition) is 4. The fourth-order valence-corrected chi connectivity index (χ4v) is 3.59. The minimum atomic E-state index is -2.55. The summed E-state index contributed by atoms with van der Waals surface area (Å²) in [7, 11) is -1.11. The molecule has 8 heteroatoms. The lowest BCUT2D eigenvalue weighted by molar-refractivity contribution is -0.0221. The van der Waals surface area contributed by atoms with E-state index in [2.05, 4.69) is 29.7 Å². The van der Waals surface area contributed by atoms with Crippen LogP contribution in [-0.4, -0.2) is 48.5 Å². The maximum atomic E-state index is 13.3. The normalized spacial score (nSPS) is 18.0. The Morgan fingerprint density at radius 2 is 1.92 bits per heavy atom. The van der Waals surface area contributed by atoms with Crippen LogP contribution in [0.15, 0.2) is 18.5 Å². The van der Waals surface area contributed by atoms with Crippen LogP contribution in [-0.2, 0) is 11.5 Å². The molecule has 1 aliphatic rings. The third kappa shape index (κ3) is 4.75. The molecule has 0 aliphatic carbocycles. The van der Waals surface area contributed by atoms with Gasteiger partial charge in [-0.1, -0.05) is 19.6 Å². The summed E-state index contributed by atoms with van der Waals surface area (Å²) in [6.07, 6.45) is 3.28. The second kappa shape index (κ2) is 6.99. The summed E-state index contributed by atoms with van der Waals surface area (Å²) in [6.45, 7) is 8.74. The number of piperidine rings is 1. The van der Waals surface area contributed by atoms with Gasteiger partial charge in [0.2, 0.25) is 0 Å². The number of anilines is 1. The summed E-state index contributed by atoms with van der Waals surface area (Å²) < 4.78 is 34.3. The molecule has 0 aromatic carbocycles. The van der Waals surface area contributed by atoms with E-state index in [-0.39, 0.29) is 12.8 Å². The number of halogens is 2. The second-order valence-electron chi connectivity index (χ2n) is 7.94. The average Bonchev–Trinajstić information content (AvgIpc) is 2.93. The number of fused-ring (bicyclic) bond motifs is 1. The van der Waals surface area contributed by atoms with Crippen molar-refractivity contribution in [3.05, 3.63) is 18.5 Å². The summed E-state index contributed by atoms with van der Waals surface area (Å²) in [5, 5.41) is 5.29. The Kier molecular flexibility index (Phi) is 5.10. The summed E-state index contributed by atoms with van der Waals surface area (Å²) in [5.74, 6) is -1.82. The van der Waals surface area contributed by atoms with E-state index in [1.807, 2.05) is 15.6 Å². The predicted octanol–water partition coefficient (Wildman–Crippen LogP) is 3.98. The molecule has 3 heterocycles. The van der Waals surface area contributed by atoms with Gasteiger partial charge in [-0.2, -0.15) is 5.10 Å². The lowest BCUT2D eigenvalue weighted by Gasteiger charge is -2.32. The Labute approximate surface area is 148 Å². The van der Waals surface area contributed by atoms with E-state index >= 15 is 0 Å². The van der Waals surface area contributed by atoms with Gasteiger partial charge in [-0.15, -0.1) is 0 Å². The van der Waals surface area contributed by atoms with E-state index in [0.717, 1.165) is 29.4 Å². The highest BCUT2D eigenvalue weighted by Gasteiger charge is 2.34. The standard InChI is InChI=1S/C17H26F2N4OSi/c1-25(2,3)9-8-24-13-23-15-10-16(20-11-14(15)12-21-23)22-6-4-17(18,19)5-7-22/h10-12H,4-9,13H2,1-3H3. The van der Waals surface area contributed by atoms with Gasteiger partial charge in [0.05, 0.1) is 11.7 Å². The lowest BCUT2D eigenvalue weighted by atomic mass is 10.1. The molecular weight excluding hydrogens is 342 g/mol. The topological polar surface area (TPSA) is 43.2 Å². The van der Waals surface area contributed by atoms with Gasteiger partial charge < -0.3 is 9.64 Å². The van der Waals surface area contributed by atoms with Crippen LogP contribution in [0.25, 0.3) is 10.9 Å². The smallest absolute Gasteiger partial charge is 0.251 e. The zero-order valence-electron chi connectivity index (χ0n) is 15.1. The Balaban J connectivity index is 1.67. The Hall–Kier alpha value is -1.54. The Morgan fingerprint density at radius 1 is 1.20 bits per heavy atom. The molecule has 25 heavy (non-hydrogen) atoms. The molecule has 0 unspecified atom stereocenters. The van der Waals surface area contributed by atoms with Crippen molar-refractivity contribution >= 4 is 24.8 Å². The van der Waals surface area contributed by atoms with Crippen LogP contribution in [0, 0.1) is 0 Å². The zero-order valence-corrected chi connectivity index (χ0v) is 16.1. The van der Waals surface area contributed by atoms with Crippen molar-refractivity contribution < 1.29 is 13.5 Å². The lowest BCUT2D eigenvalue weighted by Crippen LogP contribution is -2.39. The van der Waals surface area contributed by atoms with Crippen molar-refractivity contribution in [2.45, 2.75) is 51.2 Å². The fraction of sp³-hybridized carbons (Fsp3) is 0.647. The molecule has 0 atom stereocenters. The summed E-state index contributed by atoms with van der Waals surface area (Å²) in [4.78, 5) is 6.33. The third-order valence-electron chi connectivity index (χ3n) is 4.54. The molecule has 1 saturated heterocycles. The SMILES string of the molecule is C[Si](C)(C)CCOCn1ncc2cnc(N3CCC(F)(F)CC3)cc21. The van der Waals surface area contributed by atoms with E-state index in [0.29, 0.717) is 19.8 Å². The van der Waals surface area contributed by atoms with Crippen molar-refractivity contribution in [3.63, 3.8) is 0 Å². The largest absolute Gasteiger partial charge is 0.360 e. The maximum Gasteiger partial charge on any atom is 0.251 e. The first kappa shape index (κ1) is 18.3. The molecule has 5 nitrogen and oxygen atoms in total. The second-order valence-corrected chi connectivity index (χ2v) is 13.6. The van der Waals surface area contributed by atoms with Crippen LogP contribution in [0.1, 0.15) is 12.8 Å². The van der Waals surface area contributed by atoms with Gasteiger partial charge >= 0.3 is 0 Å². The highest BCUT2D eigenvalue weighted by atomic mass is 28.3. The predicted molar refractivity (Wildman–Crippen MR) is 98.0 cm³/mol. The number of rotatable bonds is 6. The van der Waals surface area contributed by atoms with Crippen molar-refractivity contribution in [2.24, 2.45) is 0 Å². The molecule has 0 radical (unpaired) electrons. The van der Waals surface area contributed by atoms with E-state index in [1.165, 1.54) is 0 Å². The highest BCUT2D eigenvalue weighted by Crippen LogP contribution is 2.30. The van der Waals surface area contributed by atoms with Crippen LogP contribution >= 0.6 is 0 Å². The van der Waals surface area contributed by atoms with E-state index < -0.39 is 14.0 Å². The first-order chi connectivity index (χ1) is 11.7. The van der Waals surface area contributed by atoms with Crippen molar-refractivity contribution in [3.8, 4) is 0 Å². The minimum absolute atomic E-state index is 0.119. The molecule has 0 amide bonds. The Morgan fingerprint density at radius 3 is 2.60 bits per heavy atom. The van der Waals surface area contributed by atoms with Crippen molar-refractivity contribution in [1.29, 1.82) is 0 Å². The van der Waals surface area contributed by atoms with Crippen LogP contribution in [0.3, 0.4) is 0 Å². The number of ether oxygens (including phenoxy) is 1. The molecule has 0 saturated carbocycles. The summed E-state index contributed by atoms with van der Waals surface area (Å²) in [5.41, 5.74) is 0.926. The van der Waals surface area contributed by atoms with E-state index in [9.17, 15) is 8.78 Å². The van der Waals surface area contributed by atoms with Crippen LogP contribution in [0.5, 0.6) is 0 Å². The van der Waals surface area contributed by atoms with Gasteiger partial charge in [0, 0.05) is 58.3 Å². The summed E-state index contributed by atoms with van der Waals surface area (Å²) in [6, 6.07) is 3.04. The first-order valence-electron chi connectivity index (χ1n) is 8.76. The van der Waals surface area contributed by atoms with Gasteiger partial charge in [0.25, 0.3) is 5.92 Å². The minimum Gasteiger partial charge on any atom is -0.360 e. The molecule has 0 spiro atoms. The van der Waals surface area contributed by atoms with Gasteiger partial charge in [-0.05, 0) is 6.04 Å². The molecule has 1 aliphatic heterocycles. The van der Waals surface area contributed by atoms with E-state index in [4.69, 9.17) is 4.74 Å². The van der Waals surface area contributed by atoms with Gasteiger partial charge in [0.1, 0.15) is 12.5 Å². The van der Waals surface area contributed by atoms with Crippen LogP contribution in [0.4, 0.5) is 14.6 Å². The average molecular weight is 369 g/mol. The van der Waals surface area contributed by atoms with Crippen LogP contribution < -0.4 is 4.90 Å². The monoisotopic (exact) mass is 368 g/mol. The molecular formula is C17H26F2N4OSi. The Bertz CT molecular complexity index is 719. The van der Waals surface area contributed by atoms with E-state index in [1.54, 1.807) is 12.4 Å². The number of aromatic nitrogens is 3. The summed E-state index contributed by atoms with van der Waals surface area (Å²) >= 11 is 0. The third-order valence-corrected chi connectivity index (χ3v) is 6.24. The van der Waals surface area contributed by atoms with Crippen LogP contribution in [0.2, 0.25) is 25.7 Å². The van der Waals surface area contributed by atoms with Gasteiger partial charge in [-0.3, -0.25) is 0 Å². The fourth-order valence-electron chi connectivity index (χ4n) is 2.83. The molecule has 3 rings (SSSR count). The molecule has 2 aromatic rings. The zero-order chi connectivity index (χ0) is 18.1. The molecule has 1 fully saturated rings. The van der Waals surface area contributed by atoms with Gasteiger partial charge in [-0.25, -0.2) is 18.4 Å². The molecule has 2 aromatic heterocycles. The quantitative estimate of drug-likeness (QED) is 0.571. The van der Waals surface area contributed by atoms with Crippen molar-refractivity contribution in [2.75, 3.05) is 24.6 Å². The first-order valence-corrected chi connectivity index (χ1v) is 12.5. The number of hydrogen-bond donors (Lipinski definition) is 0. The number of nitrogens with zero attached hydrogens (tertiary/aromatic N) is 4. The highest BCUT2D eigenvalue weighted by molar-refractivity contribution is 6.76. The van der Waals surface area contributed by atoms with Gasteiger partial charge in [0.15, 0.2) is 0 Å². The molecule has 0 bridgehead atoms. The maximum absolute atomic E-state index is 13.3. The molecule has 0 N–H and O–H groups in total.